The molecule has 0 N–H and O–H groups in total. The first-order valence-electron chi connectivity index (χ1n) is 6.80. The highest BCUT2D eigenvalue weighted by Crippen LogP contribution is 2.23. The van der Waals surface area contributed by atoms with E-state index < -0.39 is 17.9 Å². The summed E-state index contributed by atoms with van der Waals surface area (Å²) in [5.41, 5.74) is 0. The van der Waals surface area contributed by atoms with E-state index in [0.29, 0.717) is 17.2 Å². The van der Waals surface area contributed by atoms with Crippen molar-refractivity contribution in [2.75, 3.05) is 19.0 Å². The third-order valence-corrected chi connectivity index (χ3v) is 3.93. The van der Waals surface area contributed by atoms with Crippen molar-refractivity contribution in [3.05, 3.63) is 29.3 Å². The Bertz CT molecular complexity index is 443. The molecule has 0 spiro atoms. The number of benzene rings is 1. The lowest BCUT2D eigenvalue weighted by Crippen LogP contribution is -2.28. The number of hydrogen-bond donors (Lipinski definition) is 0. The predicted octanol–water partition coefficient (Wildman–Crippen LogP) is 3.56. The summed E-state index contributed by atoms with van der Waals surface area (Å²) in [6, 6.07) is 7.41. The minimum absolute atomic E-state index is 0.249. The van der Waals surface area contributed by atoms with E-state index in [-0.39, 0.29) is 13.2 Å². The van der Waals surface area contributed by atoms with Gasteiger partial charge in [0.05, 0.1) is 13.2 Å². The molecule has 0 radical (unpaired) electrons. The first-order valence-corrected chi connectivity index (χ1v) is 8.16. The lowest BCUT2D eigenvalue weighted by Gasteiger charge is -2.14. The van der Waals surface area contributed by atoms with Gasteiger partial charge in [0.1, 0.15) is 0 Å². The molecule has 4 nitrogen and oxygen atoms in total. The summed E-state index contributed by atoms with van der Waals surface area (Å²) >= 11 is 7.37. The highest BCUT2D eigenvalue weighted by Gasteiger charge is 2.28. The van der Waals surface area contributed by atoms with Gasteiger partial charge in [-0.05, 0) is 50.3 Å². The summed E-state index contributed by atoms with van der Waals surface area (Å²) in [5.74, 6) is -1.28. The standard InChI is InChI=1S/C15H19ClO4S/c1-3-19-14(17)13(15(18)20-4-2)9-10-21-12-7-5-11(16)6-8-12/h5-8,13H,3-4,9-10H2,1-2H3. The van der Waals surface area contributed by atoms with E-state index in [4.69, 9.17) is 21.1 Å². The van der Waals surface area contributed by atoms with Crippen molar-refractivity contribution in [2.45, 2.75) is 25.2 Å². The Hall–Kier alpha value is -1.20. The molecule has 1 aromatic carbocycles. The molecule has 0 heterocycles. The summed E-state index contributed by atoms with van der Waals surface area (Å²) < 4.78 is 9.85. The summed E-state index contributed by atoms with van der Waals surface area (Å²) in [6.45, 7) is 3.92. The van der Waals surface area contributed by atoms with Crippen LogP contribution in [0.4, 0.5) is 0 Å². The van der Waals surface area contributed by atoms with Crippen LogP contribution in [0.1, 0.15) is 20.3 Å². The van der Waals surface area contributed by atoms with Gasteiger partial charge in [-0.15, -0.1) is 11.8 Å². The zero-order chi connectivity index (χ0) is 15.7. The Labute approximate surface area is 134 Å². The molecule has 1 aromatic rings. The number of carbonyl (C=O) groups is 2. The van der Waals surface area contributed by atoms with E-state index in [0.717, 1.165) is 4.90 Å². The van der Waals surface area contributed by atoms with Crippen LogP contribution in [0, 0.1) is 5.92 Å². The molecule has 0 bridgehead atoms. The lowest BCUT2D eigenvalue weighted by molar-refractivity contribution is -0.161. The molecule has 6 heteroatoms. The number of carbonyl (C=O) groups excluding carboxylic acids is 2. The maximum absolute atomic E-state index is 11.8. The highest BCUT2D eigenvalue weighted by atomic mass is 35.5. The zero-order valence-electron chi connectivity index (χ0n) is 12.1. The van der Waals surface area contributed by atoms with Crippen molar-refractivity contribution in [1.29, 1.82) is 0 Å². The number of halogens is 1. The molecule has 0 saturated carbocycles. The van der Waals surface area contributed by atoms with Gasteiger partial charge in [-0.3, -0.25) is 9.59 Å². The van der Waals surface area contributed by atoms with Crippen LogP contribution in [0.15, 0.2) is 29.2 Å². The Morgan fingerprint density at radius 1 is 1.10 bits per heavy atom. The largest absolute Gasteiger partial charge is 0.465 e. The van der Waals surface area contributed by atoms with Gasteiger partial charge in [0.2, 0.25) is 0 Å². The molecule has 0 atom stereocenters. The maximum Gasteiger partial charge on any atom is 0.320 e. The van der Waals surface area contributed by atoms with Crippen LogP contribution in [0.25, 0.3) is 0 Å². The molecular formula is C15H19ClO4S. The minimum atomic E-state index is -0.857. The third kappa shape index (κ3) is 6.40. The average molecular weight is 331 g/mol. The molecule has 0 aliphatic rings. The summed E-state index contributed by atoms with van der Waals surface area (Å²) in [4.78, 5) is 24.6. The second kappa shape index (κ2) is 9.68. The SMILES string of the molecule is CCOC(=O)C(CCSc1ccc(Cl)cc1)C(=O)OCC. The second-order valence-electron chi connectivity index (χ2n) is 4.15. The predicted molar refractivity (Wildman–Crippen MR) is 83.5 cm³/mol. The highest BCUT2D eigenvalue weighted by molar-refractivity contribution is 7.99. The van der Waals surface area contributed by atoms with Crippen molar-refractivity contribution in [3.8, 4) is 0 Å². The smallest absolute Gasteiger partial charge is 0.320 e. The van der Waals surface area contributed by atoms with Gasteiger partial charge >= 0.3 is 11.9 Å². The number of hydrogen-bond acceptors (Lipinski definition) is 5. The fraction of sp³-hybridized carbons (Fsp3) is 0.467. The molecule has 0 aromatic heterocycles. The van der Waals surface area contributed by atoms with E-state index in [9.17, 15) is 9.59 Å². The van der Waals surface area contributed by atoms with E-state index in [1.54, 1.807) is 37.7 Å². The number of ether oxygens (including phenoxy) is 2. The van der Waals surface area contributed by atoms with Crippen molar-refractivity contribution in [2.24, 2.45) is 5.92 Å². The van der Waals surface area contributed by atoms with Crippen LogP contribution >= 0.6 is 23.4 Å². The quantitative estimate of drug-likeness (QED) is 0.414. The molecule has 0 saturated heterocycles. The van der Waals surface area contributed by atoms with E-state index in [2.05, 4.69) is 0 Å². The molecule has 0 aliphatic heterocycles. The third-order valence-electron chi connectivity index (χ3n) is 2.63. The van der Waals surface area contributed by atoms with E-state index in [1.165, 1.54) is 0 Å². The molecule has 21 heavy (non-hydrogen) atoms. The van der Waals surface area contributed by atoms with Gasteiger partial charge in [-0.25, -0.2) is 0 Å². The van der Waals surface area contributed by atoms with Crippen molar-refractivity contribution >= 4 is 35.3 Å². The summed E-state index contributed by atoms with van der Waals surface area (Å²) in [5, 5.41) is 0.676. The van der Waals surface area contributed by atoms with Crippen LogP contribution in [-0.2, 0) is 19.1 Å². The van der Waals surface area contributed by atoms with Crippen molar-refractivity contribution in [3.63, 3.8) is 0 Å². The van der Waals surface area contributed by atoms with Crippen LogP contribution in [-0.4, -0.2) is 30.9 Å². The first-order chi connectivity index (χ1) is 10.1. The Morgan fingerprint density at radius 3 is 2.10 bits per heavy atom. The van der Waals surface area contributed by atoms with Crippen LogP contribution in [0.2, 0.25) is 5.02 Å². The minimum Gasteiger partial charge on any atom is -0.465 e. The maximum atomic E-state index is 11.8. The Balaban J connectivity index is 2.54. The van der Waals surface area contributed by atoms with Crippen molar-refractivity contribution < 1.29 is 19.1 Å². The van der Waals surface area contributed by atoms with Crippen LogP contribution in [0.3, 0.4) is 0 Å². The van der Waals surface area contributed by atoms with Crippen molar-refractivity contribution in [1.82, 2.24) is 0 Å². The molecule has 0 unspecified atom stereocenters. The normalized spacial score (nSPS) is 10.5. The van der Waals surface area contributed by atoms with Gasteiger partial charge in [-0.2, -0.15) is 0 Å². The number of esters is 2. The summed E-state index contributed by atoms with van der Waals surface area (Å²) in [7, 11) is 0. The lowest BCUT2D eigenvalue weighted by atomic mass is 10.1. The topological polar surface area (TPSA) is 52.6 Å². The average Bonchev–Trinajstić information content (AvgIpc) is 2.46. The van der Waals surface area contributed by atoms with Gasteiger partial charge in [0.25, 0.3) is 0 Å². The van der Waals surface area contributed by atoms with Gasteiger partial charge in [0, 0.05) is 9.92 Å². The fourth-order valence-corrected chi connectivity index (χ4v) is 2.69. The van der Waals surface area contributed by atoms with E-state index in [1.807, 2.05) is 12.1 Å². The second-order valence-corrected chi connectivity index (χ2v) is 5.75. The molecular weight excluding hydrogens is 312 g/mol. The zero-order valence-corrected chi connectivity index (χ0v) is 13.7. The molecule has 0 aliphatic carbocycles. The van der Waals surface area contributed by atoms with E-state index >= 15 is 0 Å². The number of thioether (sulfide) groups is 1. The fourth-order valence-electron chi connectivity index (χ4n) is 1.64. The van der Waals surface area contributed by atoms with Gasteiger partial charge in [0.15, 0.2) is 5.92 Å². The van der Waals surface area contributed by atoms with Gasteiger partial charge < -0.3 is 9.47 Å². The van der Waals surface area contributed by atoms with Gasteiger partial charge in [-0.1, -0.05) is 11.6 Å². The molecule has 0 amide bonds. The molecule has 0 fully saturated rings. The molecule has 116 valence electrons. The van der Waals surface area contributed by atoms with Crippen LogP contribution < -0.4 is 0 Å². The molecule has 1 rings (SSSR count). The monoisotopic (exact) mass is 330 g/mol. The van der Waals surface area contributed by atoms with Crippen LogP contribution in [0.5, 0.6) is 0 Å². The Morgan fingerprint density at radius 2 is 1.62 bits per heavy atom. The Kier molecular flexibility index (Phi) is 8.23. The first kappa shape index (κ1) is 17.9. The summed E-state index contributed by atoms with van der Waals surface area (Å²) in [6.07, 6.45) is 0.380. The number of rotatable bonds is 8.